The Morgan fingerprint density at radius 1 is 0.935 bits per heavy atom. The van der Waals surface area contributed by atoms with E-state index in [9.17, 15) is 13.2 Å². The molecule has 0 radical (unpaired) electrons. The maximum Gasteiger partial charge on any atom is 0.265 e. The summed E-state index contributed by atoms with van der Waals surface area (Å²) in [5.41, 5.74) is 0.183. The van der Waals surface area contributed by atoms with Gasteiger partial charge in [0.1, 0.15) is 18.0 Å². The normalized spacial score (nSPS) is 13.3. The zero-order valence-electron chi connectivity index (χ0n) is 17.9. The third-order valence-corrected chi connectivity index (χ3v) is 6.58. The van der Waals surface area contributed by atoms with Gasteiger partial charge in [-0.25, -0.2) is 8.42 Å². The molecular weight excluding hydrogens is 424 g/mol. The molecule has 1 amide bonds. The monoisotopic (exact) mass is 450 g/mol. The summed E-state index contributed by atoms with van der Waals surface area (Å²) in [5.74, 6) is 0.938. The van der Waals surface area contributed by atoms with Gasteiger partial charge < -0.3 is 24.3 Å². The lowest BCUT2D eigenvalue weighted by atomic mass is 10.2. The molecule has 1 N–H and O–H groups in total. The lowest BCUT2D eigenvalue weighted by molar-refractivity contribution is -0.119. The van der Waals surface area contributed by atoms with Crippen molar-refractivity contribution in [1.82, 2.24) is 5.32 Å². The van der Waals surface area contributed by atoms with Crippen molar-refractivity contribution in [1.29, 1.82) is 0 Å². The van der Waals surface area contributed by atoms with Gasteiger partial charge in [-0.1, -0.05) is 0 Å². The van der Waals surface area contributed by atoms with Crippen molar-refractivity contribution in [3.05, 3.63) is 36.4 Å². The molecule has 2 aromatic rings. The molecule has 0 atom stereocenters. The first kappa shape index (κ1) is 22.5. The largest absolute Gasteiger partial charge is 0.497 e. The zero-order valence-corrected chi connectivity index (χ0v) is 18.7. The highest BCUT2D eigenvalue weighted by molar-refractivity contribution is 7.92. The van der Waals surface area contributed by atoms with E-state index in [1.54, 1.807) is 12.1 Å². The Bertz CT molecular complexity index is 1050. The Kier molecular flexibility index (Phi) is 6.79. The van der Waals surface area contributed by atoms with Crippen LogP contribution in [-0.4, -0.2) is 55.4 Å². The van der Waals surface area contributed by atoms with Gasteiger partial charge >= 0.3 is 0 Å². The number of sulfonamides is 1. The molecule has 0 saturated heterocycles. The third-order valence-electron chi connectivity index (χ3n) is 4.83. The number of carbonyl (C=O) groups is 1. The number of benzene rings is 2. The standard InChI is InChI=1S/C21H26N2O7S/c1-27-15-7-9-18(28-2)17(11-15)23(13-21(24)22-14-5-6-14)31(25,26)16-8-10-19(29-3)20(12-16)30-4/h7-12,14H,5-6,13H2,1-4H3,(H,22,24). The summed E-state index contributed by atoms with van der Waals surface area (Å²) < 4.78 is 49.4. The number of carbonyl (C=O) groups excluding carboxylic acids is 1. The number of nitrogens with one attached hydrogen (secondary N) is 1. The van der Waals surface area contributed by atoms with E-state index in [2.05, 4.69) is 5.32 Å². The number of methoxy groups -OCH3 is 4. The lowest BCUT2D eigenvalue weighted by Gasteiger charge is -2.26. The minimum Gasteiger partial charge on any atom is -0.497 e. The van der Waals surface area contributed by atoms with Crippen LogP contribution in [0.15, 0.2) is 41.3 Å². The summed E-state index contributed by atoms with van der Waals surface area (Å²) in [5, 5.41) is 2.82. The maximum atomic E-state index is 13.7. The first-order valence-electron chi connectivity index (χ1n) is 9.60. The minimum absolute atomic E-state index is 0.0609. The van der Waals surface area contributed by atoms with Gasteiger partial charge in [0.05, 0.1) is 39.0 Å². The fourth-order valence-electron chi connectivity index (χ4n) is 3.03. The molecule has 2 aromatic carbocycles. The summed E-state index contributed by atoms with van der Waals surface area (Å²) in [6.45, 7) is -0.420. The Hall–Kier alpha value is -3.14. The van der Waals surface area contributed by atoms with E-state index in [1.165, 1.54) is 52.7 Å². The van der Waals surface area contributed by atoms with Crippen molar-refractivity contribution in [2.45, 2.75) is 23.8 Å². The van der Waals surface area contributed by atoms with Gasteiger partial charge in [-0.3, -0.25) is 9.10 Å². The maximum absolute atomic E-state index is 13.7. The fraction of sp³-hybridized carbons (Fsp3) is 0.381. The Morgan fingerprint density at radius 2 is 1.58 bits per heavy atom. The second kappa shape index (κ2) is 9.34. The number of amides is 1. The number of hydrogen-bond acceptors (Lipinski definition) is 7. The van der Waals surface area contributed by atoms with E-state index in [-0.39, 0.29) is 28.1 Å². The van der Waals surface area contributed by atoms with Crippen molar-refractivity contribution in [3.8, 4) is 23.0 Å². The van der Waals surface area contributed by atoms with E-state index in [0.29, 0.717) is 11.5 Å². The molecule has 168 valence electrons. The SMILES string of the molecule is COc1ccc(OC)c(N(CC(=O)NC2CC2)S(=O)(=O)c2ccc(OC)c(OC)c2)c1. The molecule has 9 nitrogen and oxygen atoms in total. The molecule has 0 bridgehead atoms. The first-order valence-corrected chi connectivity index (χ1v) is 11.0. The predicted molar refractivity (Wildman–Crippen MR) is 115 cm³/mol. The topological polar surface area (TPSA) is 103 Å². The van der Waals surface area contributed by atoms with Crippen LogP contribution < -0.4 is 28.6 Å². The van der Waals surface area contributed by atoms with Gasteiger partial charge in [-0.05, 0) is 37.1 Å². The third kappa shape index (κ3) is 4.96. The molecule has 10 heteroatoms. The van der Waals surface area contributed by atoms with Gasteiger partial charge in [0, 0.05) is 18.2 Å². The molecule has 1 aliphatic rings. The smallest absolute Gasteiger partial charge is 0.265 e. The molecule has 0 aliphatic heterocycles. The van der Waals surface area contributed by atoms with Crippen LogP contribution in [0, 0.1) is 0 Å². The number of nitrogens with zero attached hydrogens (tertiary/aromatic N) is 1. The molecule has 1 fully saturated rings. The summed E-state index contributed by atoms with van der Waals surface area (Å²) in [4.78, 5) is 12.5. The summed E-state index contributed by atoms with van der Waals surface area (Å²) in [7, 11) is 1.60. The molecule has 0 heterocycles. The van der Waals surface area contributed by atoms with Crippen LogP contribution in [0.5, 0.6) is 23.0 Å². The molecule has 31 heavy (non-hydrogen) atoms. The molecule has 1 aliphatic carbocycles. The van der Waals surface area contributed by atoms with Crippen molar-refractivity contribution in [2.24, 2.45) is 0 Å². The van der Waals surface area contributed by atoms with Crippen molar-refractivity contribution in [3.63, 3.8) is 0 Å². The Balaban J connectivity index is 2.10. The van der Waals surface area contributed by atoms with E-state index in [0.717, 1.165) is 17.1 Å². The first-order chi connectivity index (χ1) is 14.8. The molecule has 0 spiro atoms. The van der Waals surface area contributed by atoms with Crippen molar-refractivity contribution >= 4 is 21.6 Å². The Labute approximate surface area is 181 Å². The van der Waals surface area contributed by atoms with Gasteiger partial charge in [0.2, 0.25) is 5.91 Å². The number of rotatable bonds is 10. The number of hydrogen-bond donors (Lipinski definition) is 1. The predicted octanol–water partition coefficient (Wildman–Crippen LogP) is 2.19. The highest BCUT2D eigenvalue weighted by atomic mass is 32.2. The highest BCUT2D eigenvalue weighted by Crippen LogP contribution is 2.37. The second-order valence-electron chi connectivity index (χ2n) is 6.91. The van der Waals surface area contributed by atoms with Crippen LogP contribution in [0.25, 0.3) is 0 Å². The molecular formula is C21H26N2O7S. The molecule has 1 saturated carbocycles. The fourth-order valence-corrected chi connectivity index (χ4v) is 4.47. The molecule has 3 rings (SSSR count). The van der Waals surface area contributed by atoms with Gasteiger partial charge in [0.25, 0.3) is 10.0 Å². The minimum atomic E-state index is -4.18. The second-order valence-corrected chi connectivity index (χ2v) is 8.77. The lowest BCUT2D eigenvalue weighted by Crippen LogP contribution is -2.41. The van der Waals surface area contributed by atoms with Crippen LogP contribution in [0.2, 0.25) is 0 Å². The van der Waals surface area contributed by atoms with E-state index < -0.39 is 22.5 Å². The zero-order chi connectivity index (χ0) is 22.6. The van der Waals surface area contributed by atoms with Crippen molar-refractivity contribution in [2.75, 3.05) is 39.3 Å². The van der Waals surface area contributed by atoms with E-state index in [4.69, 9.17) is 18.9 Å². The average Bonchev–Trinajstić information content (AvgIpc) is 3.60. The Morgan fingerprint density at radius 3 is 2.16 bits per heavy atom. The van der Waals surface area contributed by atoms with Crippen LogP contribution in [0.1, 0.15) is 12.8 Å². The van der Waals surface area contributed by atoms with Crippen LogP contribution in [0.3, 0.4) is 0 Å². The highest BCUT2D eigenvalue weighted by Gasteiger charge is 2.32. The summed E-state index contributed by atoms with van der Waals surface area (Å²) >= 11 is 0. The summed E-state index contributed by atoms with van der Waals surface area (Å²) in [6.07, 6.45) is 1.77. The summed E-state index contributed by atoms with van der Waals surface area (Å²) in [6, 6.07) is 9.09. The van der Waals surface area contributed by atoms with Gasteiger partial charge in [-0.2, -0.15) is 0 Å². The van der Waals surface area contributed by atoms with Crippen LogP contribution >= 0.6 is 0 Å². The van der Waals surface area contributed by atoms with Gasteiger partial charge in [0.15, 0.2) is 11.5 Å². The van der Waals surface area contributed by atoms with Crippen LogP contribution in [-0.2, 0) is 14.8 Å². The quantitative estimate of drug-likeness (QED) is 0.592. The van der Waals surface area contributed by atoms with Crippen LogP contribution in [0.4, 0.5) is 5.69 Å². The van der Waals surface area contributed by atoms with Gasteiger partial charge in [-0.15, -0.1) is 0 Å². The molecule has 0 aromatic heterocycles. The molecule has 0 unspecified atom stereocenters. The average molecular weight is 451 g/mol. The number of anilines is 1. The van der Waals surface area contributed by atoms with Crippen molar-refractivity contribution < 1.29 is 32.2 Å². The number of ether oxygens (including phenoxy) is 4. The van der Waals surface area contributed by atoms with E-state index in [1.807, 2.05) is 0 Å². The van der Waals surface area contributed by atoms with E-state index >= 15 is 0 Å².